The van der Waals surface area contributed by atoms with Crippen LogP contribution >= 0.6 is 15.9 Å². The summed E-state index contributed by atoms with van der Waals surface area (Å²) in [5, 5.41) is 10.3. The molecule has 0 bridgehead atoms. The normalized spacial score (nSPS) is 12.7. The molecule has 1 aromatic carbocycles. The van der Waals surface area contributed by atoms with E-state index in [1.54, 1.807) is 7.11 Å². The molecular formula is C26H40BrNO3. The number of halogens is 1. The van der Waals surface area contributed by atoms with Crippen LogP contribution in [0.1, 0.15) is 64.5 Å². The number of likely N-dealkylation sites (N-methyl/N-ethyl adjacent to an activating group) is 1. The van der Waals surface area contributed by atoms with Crippen LogP contribution in [-0.4, -0.2) is 43.5 Å². The minimum absolute atomic E-state index is 0.107. The van der Waals surface area contributed by atoms with Crippen LogP contribution in [0.4, 0.5) is 0 Å². The van der Waals surface area contributed by atoms with Crippen molar-refractivity contribution in [1.29, 1.82) is 0 Å². The molecule has 0 heterocycles. The number of allylic oxidation sites excluding steroid dienone is 4. The SMILES string of the molecule is COc1c(O)cc(CC=C(C)CCC[C@@H](C)C(=O)CC=C(C)C)c(CCN(C)C)c1Br. The van der Waals surface area contributed by atoms with Crippen LogP contribution in [0.15, 0.2) is 33.8 Å². The van der Waals surface area contributed by atoms with Gasteiger partial charge in [-0.15, -0.1) is 0 Å². The fourth-order valence-corrected chi connectivity index (χ4v) is 4.25. The van der Waals surface area contributed by atoms with Crippen molar-refractivity contribution in [2.24, 2.45) is 5.92 Å². The maximum absolute atomic E-state index is 12.2. The molecule has 1 aromatic rings. The molecule has 5 heteroatoms. The Hall–Kier alpha value is -1.59. The van der Waals surface area contributed by atoms with Gasteiger partial charge in [0, 0.05) is 18.9 Å². The van der Waals surface area contributed by atoms with Gasteiger partial charge in [0.2, 0.25) is 0 Å². The zero-order chi connectivity index (χ0) is 23.6. The summed E-state index contributed by atoms with van der Waals surface area (Å²) in [7, 11) is 5.69. The second kappa shape index (κ2) is 13.7. The van der Waals surface area contributed by atoms with E-state index in [0.29, 0.717) is 18.0 Å². The molecule has 4 nitrogen and oxygen atoms in total. The molecule has 0 radical (unpaired) electrons. The molecular weight excluding hydrogens is 454 g/mol. The minimum Gasteiger partial charge on any atom is -0.504 e. The van der Waals surface area contributed by atoms with Crippen LogP contribution in [0.2, 0.25) is 0 Å². The summed E-state index contributed by atoms with van der Waals surface area (Å²) in [6, 6.07) is 1.82. The molecule has 0 saturated carbocycles. The minimum atomic E-state index is 0.107. The number of carbonyl (C=O) groups is 1. The first-order valence-electron chi connectivity index (χ1n) is 11.1. The van der Waals surface area contributed by atoms with Gasteiger partial charge in [-0.25, -0.2) is 0 Å². The highest BCUT2D eigenvalue weighted by Gasteiger charge is 2.17. The van der Waals surface area contributed by atoms with Crippen molar-refractivity contribution < 1.29 is 14.6 Å². The molecule has 1 rings (SSSR count). The van der Waals surface area contributed by atoms with Crippen LogP contribution in [0, 0.1) is 5.92 Å². The van der Waals surface area contributed by atoms with E-state index in [1.807, 2.05) is 32.9 Å². The molecule has 0 saturated heterocycles. The Balaban J connectivity index is 2.76. The predicted molar refractivity (Wildman–Crippen MR) is 134 cm³/mol. The van der Waals surface area contributed by atoms with Gasteiger partial charge >= 0.3 is 0 Å². The predicted octanol–water partition coefficient (Wildman–Crippen LogP) is 6.49. The van der Waals surface area contributed by atoms with E-state index in [0.717, 1.165) is 48.7 Å². The number of aromatic hydroxyl groups is 1. The van der Waals surface area contributed by atoms with E-state index in [-0.39, 0.29) is 11.7 Å². The third kappa shape index (κ3) is 9.61. The second-order valence-electron chi connectivity index (χ2n) is 8.93. The Bertz CT molecular complexity index is 792. The van der Waals surface area contributed by atoms with Gasteiger partial charge in [-0.05, 0) is 100 Å². The Morgan fingerprint density at radius 3 is 2.52 bits per heavy atom. The number of nitrogens with zero attached hydrogens (tertiary/aromatic N) is 1. The van der Waals surface area contributed by atoms with Gasteiger partial charge in [0.25, 0.3) is 0 Å². The van der Waals surface area contributed by atoms with E-state index in [4.69, 9.17) is 4.74 Å². The number of ether oxygens (including phenoxy) is 1. The second-order valence-corrected chi connectivity index (χ2v) is 9.73. The van der Waals surface area contributed by atoms with Crippen LogP contribution in [-0.2, 0) is 17.6 Å². The van der Waals surface area contributed by atoms with Crippen LogP contribution < -0.4 is 4.74 Å². The summed E-state index contributed by atoms with van der Waals surface area (Å²) >= 11 is 3.63. The van der Waals surface area contributed by atoms with Gasteiger partial charge < -0.3 is 14.7 Å². The number of hydrogen-bond donors (Lipinski definition) is 1. The van der Waals surface area contributed by atoms with Gasteiger partial charge in [0.15, 0.2) is 11.5 Å². The van der Waals surface area contributed by atoms with Gasteiger partial charge in [-0.1, -0.05) is 30.2 Å². The Kier molecular flexibility index (Phi) is 12.2. The smallest absolute Gasteiger partial charge is 0.174 e. The van der Waals surface area contributed by atoms with Crippen molar-refractivity contribution in [3.05, 3.63) is 45.0 Å². The van der Waals surface area contributed by atoms with Crippen molar-refractivity contribution in [2.45, 2.75) is 66.2 Å². The van der Waals surface area contributed by atoms with E-state index in [1.165, 1.54) is 16.7 Å². The highest BCUT2D eigenvalue weighted by Crippen LogP contribution is 2.39. The van der Waals surface area contributed by atoms with Gasteiger partial charge in [0.1, 0.15) is 5.78 Å². The highest BCUT2D eigenvalue weighted by molar-refractivity contribution is 9.10. The van der Waals surface area contributed by atoms with Gasteiger partial charge in [-0.2, -0.15) is 0 Å². The summed E-state index contributed by atoms with van der Waals surface area (Å²) in [6.07, 6.45) is 9.35. The molecule has 0 spiro atoms. The Morgan fingerprint density at radius 2 is 1.94 bits per heavy atom. The lowest BCUT2D eigenvalue weighted by atomic mass is 9.94. The molecule has 0 aromatic heterocycles. The number of carbonyl (C=O) groups excluding carboxylic acids is 1. The Morgan fingerprint density at radius 1 is 1.26 bits per heavy atom. The molecule has 0 fully saturated rings. The van der Waals surface area contributed by atoms with E-state index in [9.17, 15) is 9.90 Å². The molecule has 174 valence electrons. The number of hydrogen-bond acceptors (Lipinski definition) is 4. The summed E-state index contributed by atoms with van der Waals surface area (Å²) in [6.45, 7) is 9.15. The third-order valence-electron chi connectivity index (χ3n) is 5.55. The number of phenols is 1. The number of Topliss-reactive ketones (excluding diaryl/α,β-unsaturated/α-hetero) is 1. The number of benzene rings is 1. The summed E-state index contributed by atoms with van der Waals surface area (Å²) in [4.78, 5) is 14.3. The Labute approximate surface area is 197 Å². The van der Waals surface area contributed by atoms with Crippen molar-refractivity contribution in [3.8, 4) is 11.5 Å². The lowest BCUT2D eigenvalue weighted by molar-refractivity contribution is -0.121. The van der Waals surface area contributed by atoms with Crippen molar-refractivity contribution in [2.75, 3.05) is 27.7 Å². The van der Waals surface area contributed by atoms with Crippen LogP contribution in [0.25, 0.3) is 0 Å². The van der Waals surface area contributed by atoms with Crippen molar-refractivity contribution in [1.82, 2.24) is 4.90 Å². The first-order chi connectivity index (χ1) is 14.6. The largest absolute Gasteiger partial charge is 0.504 e. The monoisotopic (exact) mass is 493 g/mol. The lowest BCUT2D eigenvalue weighted by Crippen LogP contribution is -2.16. The maximum Gasteiger partial charge on any atom is 0.174 e. The average molecular weight is 495 g/mol. The zero-order valence-electron chi connectivity index (χ0n) is 20.3. The van der Waals surface area contributed by atoms with Gasteiger partial charge in [0.05, 0.1) is 11.6 Å². The third-order valence-corrected chi connectivity index (χ3v) is 6.39. The number of rotatable bonds is 13. The summed E-state index contributed by atoms with van der Waals surface area (Å²) in [5.74, 6) is 1.08. The zero-order valence-corrected chi connectivity index (χ0v) is 21.9. The van der Waals surface area contributed by atoms with E-state index >= 15 is 0 Å². The number of phenolic OH excluding ortho intramolecular Hbond substituents is 1. The molecule has 0 aliphatic rings. The molecule has 1 atom stereocenters. The molecule has 0 aliphatic carbocycles. The van der Waals surface area contributed by atoms with E-state index in [2.05, 4.69) is 47.9 Å². The molecule has 0 unspecified atom stereocenters. The molecule has 0 aliphatic heterocycles. The van der Waals surface area contributed by atoms with Crippen LogP contribution in [0.5, 0.6) is 11.5 Å². The lowest BCUT2D eigenvalue weighted by Gasteiger charge is -2.17. The first-order valence-corrected chi connectivity index (χ1v) is 11.9. The van der Waals surface area contributed by atoms with Crippen LogP contribution in [0.3, 0.4) is 0 Å². The van der Waals surface area contributed by atoms with Gasteiger partial charge in [-0.3, -0.25) is 4.79 Å². The quantitative estimate of drug-likeness (QED) is 0.319. The molecule has 0 amide bonds. The fourth-order valence-electron chi connectivity index (χ4n) is 3.43. The van der Waals surface area contributed by atoms with Crippen molar-refractivity contribution in [3.63, 3.8) is 0 Å². The highest BCUT2D eigenvalue weighted by atomic mass is 79.9. The average Bonchev–Trinajstić information content (AvgIpc) is 2.69. The fraction of sp³-hybridized carbons (Fsp3) is 0.577. The summed E-state index contributed by atoms with van der Waals surface area (Å²) < 4.78 is 6.21. The standard InChI is InChI=1S/C26H40BrNO3/c1-18(2)11-14-23(29)20(4)10-8-9-19(3)12-13-21-17-24(30)26(31-7)25(27)22(21)15-16-28(5)6/h11-12,17,20,30H,8-10,13-16H2,1-7H3/t20-/m1/s1. The van der Waals surface area contributed by atoms with Crippen molar-refractivity contribution >= 4 is 21.7 Å². The first kappa shape index (κ1) is 27.4. The molecule has 31 heavy (non-hydrogen) atoms. The molecule has 1 N–H and O–H groups in total. The number of methoxy groups -OCH3 is 1. The summed E-state index contributed by atoms with van der Waals surface area (Å²) in [5.41, 5.74) is 4.79. The maximum atomic E-state index is 12.2. The number of ketones is 1. The topological polar surface area (TPSA) is 49.8 Å². The van der Waals surface area contributed by atoms with E-state index < -0.39 is 0 Å².